The van der Waals surface area contributed by atoms with Gasteiger partial charge in [0, 0.05) is 43.2 Å². The second-order valence-corrected chi connectivity index (χ2v) is 4.18. The number of rotatable bonds is 5. The van der Waals surface area contributed by atoms with Gasteiger partial charge in [-0.15, -0.1) is 0 Å². The molecule has 4 heteroatoms. The summed E-state index contributed by atoms with van der Waals surface area (Å²) < 4.78 is 2.09. The summed E-state index contributed by atoms with van der Waals surface area (Å²) in [6, 6.07) is 3.28. The van der Waals surface area contributed by atoms with Gasteiger partial charge in [0.05, 0.1) is 6.10 Å². The molecule has 1 atom stereocenters. The SMILES string of the molecule is Cc1cc(=O)cc(C)n1CCNCC(C)O. The van der Waals surface area contributed by atoms with Gasteiger partial charge in [0.15, 0.2) is 5.43 Å². The van der Waals surface area contributed by atoms with Crippen molar-refractivity contribution in [2.24, 2.45) is 0 Å². The first kappa shape index (κ1) is 12.9. The second-order valence-electron chi connectivity index (χ2n) is 4.18. The summed E-state index contributed by atoms with van der Waals surface area (Å²) in [5.74, 6) is 0. The van der Waals surface area contributed by atoms with E-state index in [2.05, 4.69) is 9.88 Å². The number of aryl methyl sites for hydroxylation is 2. The van der Waals surface area contributed by atoms with E-state index in [4.69, 9.17) is 5.11 Å². The van der Waals surface area contributed by atoms with Gasteiger partial charge in [-0.1, -0.05) is 0 Å². The van der Waals surface area contributed by atoms with Crippen LogP contribution in [0.3, 0.4) is 0 Å². The quantitative estimate of drug-likeness (QED) is 0.713. The fourth-order valence-electron chi connectivity index (χ4n) is 1.74. The smallest absolute Gasteiger partial charge is 0.182 e. The number of nitrogens with zero attached hydrogens (tertiary/aromatic N) is 1. The zero-order valence-corrected chi connectivity index (χ0v) is 10.2. The van der Waals surface area contributed by atoms with Crippen LogP contribution in [0.2, 0.25) is 0 Å². The molecule has 0 saturated carbocycles. The van der Waals surface area contributed by atoms with Crippen LogP contribution in [-0.4, -0.2) is 28.9 Å². The topological polar surface area (TPSA) is 54.3 Å². The normalized spacial score (nSPS) is 12.8. The van der Waals surface area contributed by atoms with Gasteiger partial charge in [0.2, 0.25) is 0 Å². The summed E-state index contributed by atoms with van der Waals surface area (Å²) in [5.41, 5.74) is 2.01. The van der Waals surface area contributed by atoms with E-state index >= 15 is 0 Å². The van der Waals surface area contributed by atoms with Crippen LogP contribution in [0.5, 0.6) is 0 Å². The summed E-state index contributed by atoms with van der Waals surface area (Å²) in [7, 11) is 0. The fourth-order valence-corrected chi connectivity index (χ4v) is 1.74. The van der Waals surface area contributed by atoms with Gasteiger partial charge in [-0.2, -0.15) is 0 Å². The highest BCUT2D eigenvalue weighted by Crippen LogP contribution is 2.00. The van der Waals surface area contributed by atoms with E-state index in [1.807, 2.05) is 13.8 Å². The molecule has 90 valence electrons. The average molecular weight is 224 g/mol. The van der Waals surface area contributed by atoms with Crippen LogP contribution in [0.25, 0.3) is 0 Å². The van der Waals surface area contributed by atoms with Crippen LogP contribution in [-0.2, 0) is 6.54 Å². The highest BCUT2D eigenvalue weighted by Gasteiger charge is 2.01. The Morgan fingerprint density at radius 3 is 2.44 bits per heavy atom. The monoisotopic (exact) mass is 224 g/mol. The van der Waals surface area contributed by atoms with Gasteiger partial charge in [-0.05, 0) is 20.8 Å². The molecule has 0 radical (unpaired) electrons. The molecule has 16 heavy (non-hydrogen) atoms. The lowest BCUT2D eigenvalue weighted by atomic mass is 10.3. The Balaban J connectivity index is 2.57. The Hall–Kier alpha value is -1.13. The summed E-state index contributed by atoms with van der Waals surface area (Å²) in [5, 5.41) is 12.2. The molecule has 0 saturated heterocycles. The van der Waals surface area contributed by atoms with Crippen LogP contribution in [0.1, 0.15) is 18.3 Å². The Morgan fingerprint density at radius 1 is 1.38 bits per heavy atom. The van der Waals surface area contributed by atoms with Crippen molar-refractivity contribution in [2.75, 3.05) is 13.1 Å². The molecule has 0 amide bonds. The molecule has 0 fully saturated rings. The molecule has 0 aliphatic carbocycles. The van der Waals surface area contributed by atoms with Gasteiger partial charge in [0.1, 0.15) is 0 Å². The predicted molar refractivity (Wildman–Crippen MR) is 64.7 cm³/mol. The highest BCUT2D eigenvalue weighted by atomic mass is 16.3. The number of hydrogen-bond donors (Lipinski definition) is 2. The first-order valence-electron chi connectivity index (χ1n) is 5.57. The lowest BCUT2D eigenvalue weighted by molar-refractivity contribution is 0.191. The number of aliphatic hydroxyl groups excluding tert-OH is 1. The molecular formula is C12H20N2O2. The van der Waals surface area contributed by atoms with E-state index in [1.165, 1.54) is 0 Å². The maximum atomic E-state index is 11.2. The Labute approximate surface area is 95.9 Å². The average Bonchev–Trinajstić information content (AvgIpc) is 2.14. The molecule has 0 aromatic carbocycles. The number of pyridine rings is 1. The molecule has 1 heterocycles. The summed E-state index contributed by atoms with van der Waals surface area (Å²) >= 11 is 0. The Kier molecular flexibility index (Phi) is 4.71. The third kappa shape index (κ3) is 3.79. The number of hydrogen-bond acceptors (Lipinski definition) is 3. The molecule has 0 aliphatic rings. The minimum atomic E-state index is -0.323. The second kappa shape index (κ2) is 5.82. The van der Waals surface area contributed by atoms with E-state index in [9.17, 15) is 4.79 Å². The first-order valence-corrected chi connectivity index (χ1v) is 5.57. The standard InChI is InChI=1S/C12H20N2O2/c1-9-6-12(16)7-10(2)14(9)5-4-13-8-11(3)15/h6-7,11,13,15H,4-5,8H2,1-3H3. The molecule has 1 aromatic rings. The number of nitrogens with one attached hydrogen (secondary N) is 1. The van der Waals surface area contributed by atoms with E-state index in [1.54, 1.807) is 19.1 Å². The van der Waals surface area contributed by atoms with Crippen LogP contribution < -0.4 is 10.7 Å². The van der Waals surface area contributed by atoms with Crippen molar-refractivity contribution >= 4 is 0 Å². The van der Waals surface area contributed by atoms with Crippen molar-refractivity contribution in [3.8, 4) is 0 Å². The van der Waals surface area contributed by atoms with Crippen LogP contribution in [0.4, 0.5) is 0 Å². The Morgan fingerprint density at radius 2 is 1.94 bits per heavy atom. The van der Waals surface area contributed by atoms with Crippen molar-refractivity contribution in [1.82, 2.24) is 9.88 Å². The molecule has 0 spiro atoms. The maximum absolute atomic E-state index is 11.2. The summed E-state index contributed by atoms with van der Waals surface area (Å²) in [6.45, 7) is 7.81. The van der Waals surface area contributed by atoms with Gasteiger partial charge >= 0.3 is 0 Å². The first-order chi connectivity index (χ1) is 7.50. The number of aliphatic hydroxyl groups is 1. The summed E-state index contributed by atoms with van der Waals surface area (Å²) in [4.78, 5) is 11.2. The summed E-state index contributed by atoms with van der Waals surface area (Å²) in [6.07, 6.45) is -0.323. The van der Waals surface area contributed by atoms with Crippen LogP contribution in [0, 0.1) is 13.8 Å². The van der Waals surface area contributed by atoms with Crippen molar-refractivity contribution in [2.45, 2.75) is 33.4 Å². The molecule has 1 unspecified atom stereocenters. The predicted octanol–water partition coefficient (Wildman–Crippen LogP) is 0.436. The highest BCUT2D eigenvalue weighted by molar-refractivity contribution is 5.12. The Bertz CT molecular complexity index is 370. The maximum Gasteiger partial charge on any atom is 0.182 e. The molecule has 2 N–H and O–H groups in total. The van der Waals surface area contributed by atoms with Crippen molar-refractivity contribution in [1.29, 1.82) is 0 Å². The minimum absolute atomic E-state index is 0.0585. The fraction of sp³-hybridized carbons (Fsp3) is 0.583. The molecule has 1 aromatic heterocycles. The van der Waals surface area contributed by atoms with Crippen molar-refractivity contribution in [3.63, 3.8) is 0 Å². The zero-order valence-electron chi connectivity index (χ0n) is 10.2. The van der Waals surface area contributed by atoms with Gasteiger partial charge in [-0.25, -0.2) is 0 Å². The molecular weight excluding hydrogens is 204 g/mol. The molecule has 4 nitrogen and oxygen atoms in total. The molecule has 0 aliphatic heterocycles. The molecule has 0 bridgehead atoms. The van der Waals surface area contributed by atoms with Crippen LogP contribution in [0.15, 0.2) is 16.9 Å². The minimum Gasteiger partial charge on any atom is -0.392 e. The van der Waals surface area contributed by atoms with Gasteiger partial charge in [0.25, 0.3) is 0 Å². The van der Waals surface area contributed by atoms with Crippen LogP contribution >= 0.6 is 0 Å². The largest absolute Gasteiger partial charge is 0.392 e. The molecule has 1 rings (SSSR count). The third-order valence-corrected chi connectivity index (χ3v) is 2.51. The van der Waals surface area contributed by atoms with E-state index < -0.39 is 0 Å². The third-order valence-electron chi connectivity index (χ3n) is 2.51. The zero-order chi connectivity index (χ0) is 12.1. The van der Waals surface area contributed by atoms with E-state index in [-0.39, 0.29) is 11.5 Å². The lowest BCUT2D eigenvalue weighted by Gasteiger charge is -2.15. The van der Waals surface area contributed by atoms with Crippen molar-refractivity contribution in [3.05, 3.63) is 33.7 Å². The van der Waals surface area contributed by atoms with E-state index in [0.29, 0.717) is 6.54 Å². The van der Waals surface area contributed by atoms with Crippen molar-refractivity contribution < 1.29 is 5.11 Å². The van der Waals surface area contributed by atoms with Gasteiger partial charge < -0.3 is 15.0 Å². The van der Waals surface area contributed by atoms with E-state index in [0.717, 1.165) is 24.5 Å². The lowest BCUT2D eigenvalue weighted by Crippen LogP contribution is -2.28. The number of aromatic nitrogens is 1. The van der Waals surface area contributed by atoms with Gasteiger partial charge in [-0.3, -0.25) is 4.79 Å².